The van der Waals surface area contributed by atoms with Gasteiger partial charge in [-0.05, 0) is 71.5 Å². The van der Waals surface area contributed by atoms with Crippen LogP contribution in [0.25, 0.3) is 0 Å². The van der Waals surface area contributed by atoms with Gasteiger partial charge in [0.15, 0.2) is 0 Å². The molecule has 0 aliphatic heterocycles. The second-order valence-corrected chi connectivity index (χ2v) is 6.05. The molecule has 3 N–H and O–H groups in total. The molecule has 0 aromatic heterocycles. The van der Waals surface area contributed by atoms with Crippen LogP contribution in [0, 0.1) is 10.5 Å². The summed E-state index contributed by atoms with van der Waals surface area (Å²) in [4.78, 5) is 23.1. The van der Waals surface area contributed by atoms with E-state index in [-0.39, 0.29) is 11.9 Å². The summed E-state index contributed by atoms with van der Waals surface area (Å²) in [6.45, 7) is 3.38. The largest absolute Gasteiger partial charge is 0.326 e. The molecule has 0 fully saturated rings. The SMILES string of the molecule is CC(=O)Nc1cccc(NC(=O)Nc2ccc(I)cc2C)c1. The third-order valence-electron chi connectivity index (χ3n) is 2.88. The van der Waals surface area contributed by atoms with E-state index in [1.165, 1.54) is 6.92 Å². The first kappa shape index (κ1) is 16.3. The van der Waals surface area contributed by atoms with Crippen LogP contribution in [0.4, 0.5) is 21.9 Å². The summed E-state index contributed by atoms with van der Waals surface area (Å²) in [5, 5.41) is 8.22. The van der Waals surface area contributed by atoms with Gasteiger partial charge in [-0.2, -0.15) is 0 Å². The second-order valence-electron chi connectivity index (χ2n) is 4.80. The second kappa shape index (κ2) is 7.26. The Balaban J connectivity index is 2.04. The molecular weight excluding hydrogens is 393 g/mol. The molecule has 22 heavy (non-hydrogen) atoms. The van der Waals surface area contributed by atoms with Crippen LogP contribution in [-0.4, -0.2) is 11.9 Å². The number of nitrogens with one attached hydrogen (secondary N) is 3. The van der Waals surface area contributed by atoms with Crippen molar-refractivity contribution in [1.82, 2.24) is 0 Å². The van der Waals surface area contributed by atoms with Gasteiger partial charge in [0.1, 0.15) is 0 Å². The minimum atomic E-state index is -0.329. The lowest BCUT2D eigenvalue weighted by molar-refractivity contribution is -0.114. The number of urea groups is 1. The Labute approximate surface area is 142 Å². The summed E-state index contributed by atoms with van der Waals surface area (Å²) in [6.07, 6.45) is 0. The fourth-order valence-electron chi connectivity index (χ4n) is 1.93. The third-order valence-corrected chi connectivity index (χ3v) is 3.55. The maximum Gasteiger partial charge on any atom is 0.323 e. The zero-order valence-electron chi connectivity index (χ0n) is 12.2. The highest BCUT2D eigenvalue weighted by molar-refractivity contribution is 14.1. The molecule has 0 spiro atoms. The van der Waals surface area contributed by atoms with Gasteiger partial charge in [-0.3, -0.25) is 4.79 Å². The van der Waals surface area contributed by atoms with Gasteiger partial charge in [0.25, 0.3) is 0 Å². The normalized spacial score (nSPS) is 9.95. The highest BCUT2D eigenvalue weighted by Gasteiger charge is 2.06. The van der Waals surface area contributed by atoms with Crippen LogP contribution in [-0.2, 0) is 4.79 Å². The minimum absolute atomic E-state index is 0.156. The summed E-state index contributed by atoms with van der Waals surface area (Å²) < 4.78 is 1.11. The Kier molecular flexibility index (Phi) is 5.37. The lowest BCUT2D eigenvalue weighted by Gasteiger charge is -2.11. The van der Waals surface area contributed by atoms with E-state index in [4.69, 9.17) is 0 Å². The molecule has 0 heterocycles. The zero-order chi connectivity index (χ0) is 16.1. The standard InChI is InChI=1S/C16H16IN3O2/c1-10-8-12(17)6-7-15(10)20-16(22)19-14-5-3-4-13(9-14)18-11(2)21/h3-9H,1-2H3,(H,18,21)(H2,19,20,22). The molecule has 0 atom stereocenters. The van der Waals surface area contributed by atoms with Gasteiger partial charge in [-0.25, -0.2) is 4.79 Å². The molecule has 0 saturated heterocycles. The van der Waals surface area contributed by atoms with Gasteiger partial charge in [-0.1, -0.05) is 6.07 Å². The van der Waals surface area contributed by atoms with E-state index in [1.807, 2.05) is 25.1 Å². The predicted molar refractivity (Wildman–Crippen MR) is 97.3 cm³/mol. The molecule has 2 aromatic rings. The van der Waals surface area contributed by atoms with Crippen LogP contribution >= 0.6 is 22.6 Å². The van der Waals surface area contributed by atoms with E-state index in [2.05, 4.69) is 38.5 Å². The molecule has 3 amide bonds. The first-order chi connectivity index (χ1) is 10.4. The van der Waals surface area contributed by atoms with Gasteiger partial charge in [0.2, 0.25) is 5.91 Å². The first-order valence-corrected chi connectivity index (χ1v) is 7.74. The van der Waals surface area contributed by atoms with Crippen LogP contribution in [0.15, 0.2) is 42.5 Å². The molecule has 0 unspecified atom stereocenters. The number of benzene rings is 2. The van der Waals surface area contributed by atoms with Gasteiger partial charge in [-0.15, -0.1) is 0 Å². The molecule has 0 aliphatic carbocycles. The number of aryl methyl sites for hydroxylation is 1. The van der Waals surface area contributed by atoms with Crippen molar-refractivity contribution in [1.29, 1.82) is 0 Å². The highest BCUT2D eigenvalue weighted by Crippen LogP contribution is 2.19. The van der Waals surface area contributed by atoms with E-state index in [0.29, 0.717) is 11.4 Å². The number of amides is 3. The number of anilines is 3. The van der Waals surface area contributed by atoms with Crippen LogP contribution < -0.4 is 16.0 Å². The van der Waals surface area contributed by atoms with Gasteiger partial charge in [0, 0.05) is 27.6 Å². The summed E-state index contributed by atoms with van der Waals surface area (Å²) >= 11 is 2.22. The van der Waals surface area contributed by atoms with Crippen molar-refractivity contribution in [3.63, 3.8) is 0 Å². The Hall–Kier alpha value is -2.09. The molecule has 0 saturated carbocycles. The maximum atomic E-state index is 12.0. The van der Waals surface area contributed by atoms with E-state index >= 15 is 0 Å². The first-order valence-electron chi connectivity index (χ1n) is 6.66. The zero-order valence-corrected chi connectivity index (χ0v) is 14.4. The Morgan fingerprint density at radius 1 is 0.955 bits per heavy atom. The van der Waals surface area contributed by atoms with Gasteiger partial charge < -0.3 is 16.0 Å². The average Bonchev–Trinajstić information content (AvgIpc) is 2.41. The predicted octanol–water partition coefficient (Wildman–Crippen LogP) is 4.20. The molecule has 0 radical (unpaired) electrons. The average molecular weight is 409 g/mol. The van der Waals surface area contributed by atoms with E-state index < -0.39 is 0 Å². The third kappa shape index (κ3) is 4.73. The van der Waals surface area contributed by atoms with Gasteiger partial charge >= 0.3 is 6.03 Å². The number of carbonyl (C=O) groups is 2. The van der Waals surface area contributed by atoms with Crippen molar-refractivity contribution in [2.75, 3.05) is 16.0 Å². The Morgan fingerprint density at radius 2 is 1.64 bits per heavy atom. The smallest absolute Gasteiger partial charge is 0.323 e. The molecule has 6 heteroatoms. The van der Waals surface area contributed by atoms with Gasteiger partial charge in [0.05, 0.1) is 0 Å². The Morgan fingerprint density at radius 3 is 2.27 bits per heavy atom. The lowest BCUT2D eigenvalue weighted by atomic mass is 10.2. The molecule has 0 aliphatic rings. The van der Waals surface area contributed by atoms with E-state index in [0.717, 1.165) is 14.8 Å². The fraction of sp³-hybridized carbons (Fsp3) is 0.125. The van der Waals surface area contributed by atoms with Crippen molar-refractivity contribution in [2.45, 2.75) is 13.8 Å². The molecule has 2 aromatic carbocycles. The van der Waals surface area contributed by atoms with Crippen molar-refractivity contribution in [3.05, 3.63) is 51.6 Å². The van der Waals surface area contributed by atoms with Crippen LogP contribution in [0.1, 0.15) is 12.5 Å². The molecule has 114 valence electrons. The topological polar surface area (TPSA) is 70.2 Å². The van der Waals surface area contributed by atoms with Crippen molar-refractivity contribution in [2.24, 2.45) is 0 Å². The van der Waals surface area contributed by atoms with Crippen LogP contribution in [0.3, 0.4) is 0 Å². The lowest BCUT2D eigenvalue weighted by Crippen LogP contribution is -2.20. The van der Waals surface area contributed by atoms with Crippen LogP contribution in [0.5, 0.6) is 0 Å². The van der Waals surface area contributed by atoms with E-state index in [9.17, 15) is 9.59 Å². The number of hydrogen-bond donors (Lipinski definition) is 3. The fourth-order valence-corrected chi connectivity index (χ4v) is 2.58. The number of hydrogen-bond acceptors (Lipinski definition) is 2. The summed E-state index contributed by atoms with van der Waals surface area (Å²) in [7, 11) is 0. The van der Waals surface area contributed by atoms with Crippen LogP contribution in [0.2, 0.25) is 0 Å². The quantitative estimate of drug-likeness (QED) is 0.665. The maximum absolute atomic E-state index is 12.0. The highest BCUT2D eigenvalue weighted by atomic mass is 127. The Bertz CT molecular complexity index is 716. The number of halogens is 1. The van der Waals surface area contributed by atoms with E-state index in [1.54, 1.807) is 24.3 Å². The minimum Gasteiger partial charge on any atom is -0.326 e. The van der Waals surface area contributed by atoms with Crippen molar-refractivity contribution in [3.8, 4) is 0 Å². The molecular formula is C16H16IN3O2. The number of rotatable bonds is 3. The summed E-state index contributed by atoms with van der Waals surface area (Å²) in [5.74, 6) is -0.156. The summed E-state index contributed by atoms with van der Waals surface area (Å²) in [5.41, 5.74) is 2.99. The number of carbonyl (C=O) groups excluding carboxylic acids is 2. The molecule has 5 nitrogen and oxygen atoms in total. The van der Waals surface area contributed by atoms with Crippen molar-refractivity contribution < 1.29 is 9.59 Å². The molecule has 0 bridgehead atoms. The molecule has 2 rings (SSSR count). The summed E-state index contributed by atoms with van der Waals surface area (Å²) in [6, 6.07) is 12.4. The van der Waals surface area contributed by atoms with Crippen molar-refractivity contribution >= 4 is 51.6 Å². The monoisotopic (exact) mass is 409 g/mol.